The molecule has 0 amide bonds. The summed E-state index contributed by atoms with van der Waals surface area (Å²) in [6, 6.07) is 0.392. The number of hydrogen-bond acceptors (Lipinski definition) is 5. The van der Waals surface area contributed by atoms with Gasteiger partial charge < -0.3 is 9.80 Å². The fraction of sp³-hybridized carbons (Fsp3) is 0.769. The second-order valence-electron chi connectivity index (χ2n) is 6.17. The molecule has 0 aliphatic carbocycles. The Labute approximate surface area is 118 Å². The van der Waals surface area contributed by atoms with Crippen molar-refractivity contribution in [1.29, 1.82) is 0 Å². The fourth-order valence-corrected chi connectivity index (χ4v) is 2.86. The molecule has 1 fully saturated rings. The van der Waals surface area contributed by atoms with E-state index in [4.69, 9.17) is 4.99 Å². The van der Waals surface area contributed by atoms with Gasteiger partial charge in [0.1, 0.15) is 5.82 Å². The zero-order valence-corrected chi connectivity index (χ0v) is 12.5. The van der Waals surface area contributed by atoms with Gasteiger partial charge in [0.25, 0.3) is 0 Å². The first-order valence-corrected chi connectivity index (χ1v) is 7.12. The van der Waals surface area contributed by atoms with E-state index in [1.165, 1.54) is 0 Å². The van der Waals surface area contributed by atoms with Crippen LogP contribution in [0.3, 0.4) is 0 Å². The molecule has 7 heteroatoms. The molecule has 0 aromatic carbocycles. The van der Waals surface area contributed by atoms with Crippen molar-refractivity contribution in [1.82, 2.24) is 24.6 Å². The normalized spacial score (nSPS) is 23.4. The molecule has 110 valence electrons. The summed E-state index contributed by atoms with van der Waals surface area (Å²) in [5.41, 5.74) is -0.145. The minimum absolute atomic E-state index is 0.145. The first kappa shape index (κ1) is 13.2. The molecule has 2 aliphatic rings. The van der Waals surface area contributed by atoms with Gasteiger partial charge in [0.15, 0.2) is 5.96 Å². The third-order valence-electron chi connectivity index (χ3n) is 4.30. The molecule has 1 aromatic heterocycles. The minimum atomic E-state index is -0.145. The van der Waals surface area contributed by atoms with Gasteiger partial charge >= 0.3 is 5.69 Å². The Morgan fingerprint density at radius 2 is 1.95 bits per heavy atom. The predicted octanol–water partition coefficient (Wildman–Crippen LogP) is -0.166. The zero-order chi connectivity index (χ0) is 14.4. The highest BCUT2D eigenvalue weighted by Gasteiger charge is 2.38. The van der Waals surface area contributed by atoms with E-state index in [0.717, 1.165) is 31.4 Å². The maximum absolute atomic E-state index is 11.4. The molecule has 0 saturated carbocycles. The van der Waals surface area contributed by atoms with Crippen LogP contribution in [0.25, 0.3) is 0 Å². The lowest BCUT2D eigenvalue weighted by Gasteiger charge is -2.41. The molecule has 3 heterocycles. The van der Waals surface area contributed by atoms with Crippen LogP contribution in [-0.4, -0.2) is 63.2 Å². The molecule has 7 nitrogen and oxygen atoms in total. The van der Waals surface area contributed by atoms with Crippen molar-refractivity contribution in [3.63, 3.8) is 0 Å². The Balaban J connectivity index is 1.67. The van der Waals surface area contributed by atoms with Crippen molar-refractivity contribution in [3.8, 4) is 0 Å². The van der Waals surface area contributed by atoms with E-state index in [-0.39, 0.29) is 5.69 Å². The van der Waals surface area contributed by atoms with Gasteiger partial charge in [0.05, 0.1) is 12.0 Å². The minimum Gasteiger partial charge on any atom is -0.344 e. The molecule has 0 radical (unpaired) electrons. The number of aliphatic imine (C=N–C) groups is 1. The molecule has 0 spiro atoms. The van der Waals surface area contributed by atoms with Crippen LogP contribution < -0.4 is 5.69 Å². The largest absolute Gasteiger partial charge is 0.344 e. The number of nitrogens with one attached hydrogen (secondary N) is 1. The molecule has 3 rings (SSSR count). The summed E-state index contributed by atoms with van der Waals surface area (Å²) in [5.74, 6) is 2.81. The van der Waals surface area contributed by atoms with Crippen LogP contribution in [0, 0.1) is 5.92 Å². The van der Waals surface area contributed by atoms with Gasteiger partial charge in [0.2, 0.25) is 0 Å². The summed E-state index contributed by atoms with van der Waals surface area (Å²) in [6.45, 7) is 7.18. The number of nitrogens with zero attached hydrogens (tertiary/aromatic N) is 5. The van der Waals surface area contributed by atoms with Crippen molar-refractivity contribution in [2.45, 2.75) is 25.8 Å². The number of aromatic amines is 1. The molecule has 1 aromatic rings. The van der Waals surface area contributed by atoms with Gasteiger partial charge in [-0.25, -0.2) is 14.9 Å². The van der Waals surface area contributed by atoms with E-state index in [9.17, 15) is 4.79 Å². The summed E-state index contributed by atoms with van der Waals surface area (Å²) < 4.78 is 1.60. The lowest BCUT2D eigenvalue weighted by atomic mass is 10.00. The van der Waals surface area contributed by atoms with E-state index in [1.807, 2.05) is 0 Å². The zero-order valence-electron chi connectivity index (χ0n) is 12.5. The third-order valence-corrected chi connectivity index (χ3v) is 4.30. The van der Waals surface area contributed by atoms with Crippen LogP contribution in [0.4, 0.5) is 0 Å². The summed E-state index contributed by atoms with van der Waals surface area (Å²) >= 11 is 0. The standard InChI is InChI=1S/C13H22N6O/c1-8(2)10-7-17(3)12(14-10)19-5-9(6-19)11-15-16-13(20)18(11)4/h8-10H,5-7H2,1-4H3,(H,16,20). The number of likely N-dealkylation sites (tertiary alicyclic amines) is 1. The van der Waals surface area contributed by atoms with Gasteiger partial charge in [-0.1, -0.05) is 13.8 Å². The molecule has 1 saturated heterocycles. The monoisotopic (exact) mass is 278 g/mol. The molecular formula is C13H22N6O. The van der Waals surface area contributed by atoms with E-state index in [2.05, 4.69) is 40.9 Å². The number of hydrogen-bond donors (Lipinski definition) is 1. The summed E-state index contributed by atoms with van der Waals surface area (Å²) in [5, 5.41) is 6.61. The van der Waals surface area contributed by atoms with Crippen LogP contribution in [0.5, 0.6) is 0 Å². The number of guanidine groups is 1. The predicted molar refractivity (Wildman–Crippen MR) is 76.8 cm³/mol. The highest BCUT2D eigenvalue weighted by atomic mass is 16.1. The Morgan fingerprint density at radius 3 is 2.45 bits per heavy atom. The van der Waals surface area contributed by atoms with Crippen molar-refractivity contribution < 1.29 is 0 Å². The van der Waals surface area contributed by atoms with E-state index < -0.39 is 0 Å². The van der Waals surface area contributed by atoms with E-state index in [1.54, 1.807) is 11.6 Å². The SMILES string of the molecule is CC(C)C1CN(C)C(N2CC(c3n[nH]c(=O)n3C)C2)=N1. The molecular weight excluding hydrogens is 256 g/mol. The average Bonchev–Trinajstić information content (AvgIpc) is 2.86. The number of H-pyrrole nitrogens is 1. The third kappa shape index (κ3) is 2.01. The molecule has 1 atom stereocenters. The summed E-state index contributed by atoms with van der Waals surface area (Å²) in [4.78, 5) is 20.7. The van der Waals surface area contributed by atoms with Crippen molar-refractivity contribution >= 4 is 5.96 Å². The van der Waals surface area contributed by atoms with Crippen LogP contribution in [0.1, 0.15) is 25.6 Å². The summed E-state index contributed by atoms with van der Waals surface area (Å²) in [6.07, 6.45) is 0. The lowest BCUT2D eigenvalue weighted by Crippen LogP contribution is -2.53. The highest BCUT2D eigenvalue weighted by molar-refractivity contribution is 5.82. The number of likely N-dealkylation sites (N-methyl/N-ethyl adjacent to an activating group) is 1. The Kier molecular flexibility index (Phi) is 3.07. The second kappa shape index (κ2) is 4.64. The van der Waals surface area contributed by atoms with E-state index >= 15 is 0 Å². The quantitative estimate of drug-likeness (QED) is 0.816. The first-order chi connectivity index (χ1) is 9.47. The van der Waals surface area contributed by atoms with Crippen LogP contribution in [0.15, 0.2) is 9.79 Å². The van der Waals surface area contributed by atoms with Crippen molar-refractivity contribution in [2.75, 3.05) is 26.7 Å². The first-order valence-electron chi connectivity index (χ1n) is 7.12. The van der Waals surface area contributed by atoms with Crippen LogP contribution in [0.2, 0.25) is 0 Å². The number of rotatable bonds is 2. The average molecular weight is 278 g/mol. The molecule has 1 unspecified atom stereocenters. The fourth-order valence-electron chi connectivity index (χ4n) is 2.86. The van der Waals surface area contributed by atoms with E-state index in [0.29, 0.717) is 17.9 Å². The molecule has 0 bridgehead atoms. The topological polar surface area (TPSA) is 69.5 Å². The maximum atomic E-state index is 11.4. The Bertz CT molecular complexity index is 580. The van der Waals surface area contributed by atoms with Crippen LogP contribution >= 0.6 is 0 Å². The maximum Gasteiger partial charge on any atom is 0.343 e. The summed E-state index contributed by atoms with van der Waals surface area (Å²) in [7, 11) is 3.86. The van der Waals surface area contributed by atoms with Crippen molar-refractivity contribution in [3.05, 3.63) is 16.3 Å². The van der Waals surface area contributed by atoms with Gasteiger partial charge in [-0.3, -0.25) is 4.57 Å². The molecule has 1 N–H and O–H groups in total. The van der Waals surface area contributed by atoms with Gasteiger partial charge in [0, 0.05) is 33.7 Å². The van der Waals surface area contributed by atoms with Crippen molar-refractivity contribution in [2.24, 2.45) is 18.0 Å². The Hall–Kier alpha value is -1.79. The number of aromatic nitrogens is 3. The second-order valence-corrected chi connectivity index (χ2v) is 6.17. The lowest BCUT2D eigenvalue weighted by molar-refractivity contribution is 0.218. The smallest absolute Gasteiger partial charge is 0.343 e. The molecule has 2 aliphatic heterocycles. The highest BCUT2D eigenvalue weighted by Crippen LogP contribution is 2.28. The van der Waals surface area contributed by atoms with Crippen LogP contribution in [-0.2, 0) is 7.05 Å². The van der Waals surface area contributed by atoms with Gasteiger partial charge in [-0.15, -0.1) is 0 Å². The van der Waals surface area contributed by atoms with Gasteiger partial charge in [-0.05, 0) is 5.92 Å². The Morgan fingerprint density at radius 1 is 1.25 bits per heavy atom. The van der Waals surface area contributed by atoms with Gasteiger partial charge in [-0.2, -0.15) is 5.10 Å². The molecule has 20 heavy (non-hydrogen) atoms.